The van der Waals surface area contributed by atoms with E-state index in [1.165, 1.54) is 19.3 Å². The van der Waals surface area contributed by atoms with Gasteiger partial charge in [0.15, 0.2) is 5.37 Å². The fourth-order valence-electron chi connectivity index (χ4n) is 3.34. The highest BCUT2D eigenvalue weighted by Gasteiger charge is 2.31. The van der Waals surface area contributed by atoms with Crippen LogP contribution in [0.5, 0.6) is 0 Å². The van der Waals surface area contributed by atoms with E-state index in [9.17, 15) is 17.8 Å². The first-order chi connectivity index (χ1) is 12.5. The Kier molecular flexibility index (Phi) is 12.8. The predicted molar refractivity (Wildman–Crippen MR) is 108 cm³/mol. The molecule has 0 aliphatic heterocycles. The summed E-state index contributed by atoms with van der Waals surface area (Å²) in [5, 5.41) is -0.854. The predicted octanol–water partition coefficient (Wildman–Crippen LogP) is 3.97. The summed E-state index contributed by atoms with van der Waals surface area (Å²) in [5.41, 5.74) is 0.442. The summed E-state index contributed by atoms with van der Waals surface area (Å²) in [6.07, 6.45) is 10.1. The van der Waals surface area contributed by atoms with Crippen molar-refractivity contribution in [2.24, 2.45) is 0 Å². The number of carbonyl (C=O) groups excluding carboxylic acids is 1. The summed E-state index contributed by atoms with van der Waals surface area (Å²) in [6.45, 7) is 8.13. The fraction of sp³-hybridized carbons (Fsp3) is 0.850. The molecular weight excluding hydrogens is 366 g/mol. The van der Waals surface area contributed by atoms with Crippen molar-refractivity contribution in [1.29, 1.82) is 0 Å². The normalized spacial score (nSPS) is 13.4. The highest BCUT2D eigenvalue weighted by atomic mass is 32.2. The van der Waals surface area contributed by atoms with Crippen LogP contribution in [0.25, 0.3) is 0 Å². The summed E-state index contributed by atoms with van der Waals surface area (Å²) >= 11 is 0. The number of quaternary nitrogens is 1. The van der Waals surface area contributed by atoms with E-state index < -0.39 is 15.5 Å². The number of rotatable bonds is 16. The highest BCUT2D eigenvalue weighted by Crippen LogP contribution is 2.18. The minimum Gasteiger partial charge on any atom is -0.743 e. The van der Waals surface area contributed by atoms with Crippen molar-refractivity contribution < 1.29 is 27.0 Å². The molecule has 0 heterocycles. The lowest BCUT2D eigenvalue weighted by Gasteiger charge is -2.38. The third kappa shape index (κ3) is 12.2. The van der Waals surface area contributed by atoms with Gasteiger partial charge in [-0.2, -0.15) is 0 Å². The van der Waals surface area contributed by atoms with Crippen LogP contribution in [0.4, 0.5) is 0 Å². The molecule has 0 aromatic rings. The molecule has 1 unspecified atom stereocenters. The van der Waals surface area contributed by atoms with E-state index in [1.807, 2.05) is 14.1 Å². The molecule has 0 radical (unpaired) electrons. The van der Waals surface area contributed by atoms with Gasteiger partial charge in [-0.1, -0.05) is 52.0 Å². The van der Waals surface area contributed by atoms with E-state index in [-0.39, 0.29) is 10.5 Å². The van der Waals surface area contributed by atoms with E-state index in [1.54, 1.807) is 13.8 Å². The first-order valence-electron chi connectivity index (χ1n) is 10.1. The largest absolute Gasteiger partial charge is 0.743 e. The average molecular weight is 406 g/mol. The lowest BCUT2D eigenvalue weighted by atomic mass is 10.1. The van der Waals surface area contributed by atoms with Gasteiger partial charge in [0.25, 0.3) is 0 Å². The zero-order chi connectivity index (χ0) is 20.9. The molecule has 0 fully saturated rings. The number of unbranched alkanes of at least 4 members (excludes halogenated alkanes) is 8. The van der Waals surface area contributed by atoms with E-state index in [0.717, 1.165) is 38.5 Å². The van der Waals surface area contributed by atoms with Crippen LogP contribution in [-0.4, -0.2) is 56.0 Å². The Labute approximate surface area is 166 Å². The second-order valence-corrected chi connectivity index (χ2v) is 9.49. The second kappa shape index (κ2) is 13.3. The van der Waals surface area contributed by atoms with Crippen LogP contribution in [0.3, 0.4) is 0 Å². The minimum atomic E-state index is -4.26. The zero-order valence-electron chi connectivity index (χ0n) is 17.7. The molecule has 0 aliphatic rings. The van der Waals surface area contributed by atoms with Gasteiger partial charge in [-0.15, -0.1) is 0 Å². The van der Waals surface area contributed by atoms with Crippen LogP contribution >= 0.6 is 0 Å². The van der Waals surface area contributed by atoms with Gasteiger partial charge < -0.3 is 13.8 Å². The smallest absolute Gasteiger partial charge is 0.333 e. The molecule has 6 nitrogen and oxygen atoms in total. The van der Waals surface area contributed by atoms with E-state index in [2.05, 4.69) is 6.58 Å². The monoisotopic (exact) mass is 405 g/mol. The maximum Gasteiger partial charge on any atom is 0.333 e. The van der Waals surface area contributed by atoms with Crippen LogP contribution in [0, 0.1) is 0 Å². The van der Waals surface area contributed by atoms with E-state index >= 15 is 0 Å². The lowest BCUT2D eigenvalue weighted by molar-refractivity contribution is -0.902. The quantitative estimate of drug-likeness (QED) is 0.127. The van der Waals surface area contributed by atoms with Crippen LogP contribution in [0.15, 0.2) is 12.2 Å². The summed E-state index contributed by atoms with van der Waals surface area (Å²) in [7, 11) is -0.595. The Hall–Kier alpha value is -0.920. The first-order valence-corrected chi connectivity index (χ1v) is 11.6. The number of esters is 1. The molecular formula is C20H39NO5S. The maximum atomic E-state index is 11.4. The van der Waals surface area contributed by atoms with Crippen molar-refractivity contribution in [2.45, 2.75) is 83.4 Å². The summed E-state index contributed by atoms with van der Waals surface area (Å²) in [5.74, 6) is -0.310. The molecule has 0 saturated carbocycles. The third-order valence-corrected chi connectivity index (χ3v) is 6.49. The highest BCUT2D eigenvalue weighted by molar-refractivity contribution is 7.86. The number of hydrogen-bond donors (Lipinski definition) is 0. The number of nitrogens with zero attached hydrogens (tertiary/aromatic N) is 1. The Morgan fingerprint density at radius 1 is 1.00 bits per heavy atom. The van der Waals surface area contributed by atoms with Crippen LogP contribution in [0.1, 0.15) is 78.1 Å². The molecule has 160 valence electrons. The van der Waals surface area contributed by atoms with Crippen LogP contribution < -0.4 is 0 Å². The van der Waals surface area contributed by atoms with Gasteiger partial charge >= 0.3 is 5.97 Å². The third-order valence-electron chi connectivity index (χ3n) is 4.92. The van der Waals surface area contributed by atoms with Crippen LogP contribution in [-0.2, 0) is 19.6 Å². The molecule has 1 atom stereocenters. The van der Waals surface area contributed by atoms with Crippen molar-refractivity contribution in [1.82, 2.24) is 0 Å². The Balaban J connectivity index is 3.65. The van der Waals surface area contributed by atoms with Gasteiger partial charge in [-0.25, -0.2) is 13.2 Å². The number of hydrogen-bond acceptors (Lipinski definition) is 5. The molecule has 0 spiro atoms. The van der Waals surface area contributed by atoms with Crippen LogP contribution in [0.2, 0.25) is 0 Å². The first kappa shape index (κ1) is 26.1. The molecule has 0 saturated heterocycles. The molecule has 0 bridgehead atoms. The lowest BCUT2D eigenvalue weighted by Crippen LogP contribution is -2.52. The topological polar surface area (TPSA) is 83.5 Å². The summed E-state index contributed by atoms with van der Waals surface area (Å²) in [4.78, 5) is 11.2. The zero-order valence-corrected chi connectivity index (χ0v) is 18.5. The summed E-state index contributed by atoms with van der Waals surface area (Å²) in [6, 6.07) is 0. The minimum absolute atomic E-state index is 0.248. The van der Waals surface area contributed by atoms with Gasteiger partial charge in [0, 0.05) is 12.0 Å². The molecule has 0 rings (SSSR count). The van der Waals surface area contributed by atoms with Gasteiger partial charge in [-0.3, -0.25) is 0 Å². The van der Waals surface area contributed by atoms with Crippen molar-refractivity contribution in [3.05, 3.63) is 12.2 Å². The Morgan fingerprint density at radius 3 is 1.85 bits per heavy atom. The molecule has 0 aromatic heterocycles. The number of ether oxygens (including phenoxy) is 1. The van der Waals surface area contributed by atoms with Crippen molar-refractivity contribution in [3.8, 4) is 0 Å². The molecule has 27 heavy (non-hydrogen) atoms. The van der Waals surface area contributed by atoms with Gasteiger partial charge in [0.1, 0.15) is 10.1 Å². The van der Waals surface area contributed by atoms with Crippen molar-refractivity contribution in [2.75, 3.05) is 27.2 Å². The summed E-state index contributed by atoms with van der Waals surface area (Å²) < 4.78 is 39.4. The molecule has 0 aromatic carbocycles. The Morgan fingerprint density at radius 2 is 1.44 bits per heavy atom. The van der Waals surface area contributed by atoms with Crippen molar-refractivity contribution >= 4 is 16.1 Å². The maximum absolute atomic E-state index is 11.4. The SMILES string of the molecule is C=C(C)C(=O)OCCCCCCCCCCC[N+](C)(C)C(CC)S(=O)(=O)[O-]. The fourth-order valence-corrected chi connectivity index (χ4v) is 4.55. The van der Waals surface area contributed by atoms with Gasteiger partial charge in [-0.05, 0) is 26.2 Å². The molecule has 0 amide bonds. The van der Waals surface area contributed by atoms with Gasteiger partial charge in [0.05, 0.1) is 27.2 Å². The van der Waals surface area contributed by atoms with Crippen molar-refractivity contribution in [3.63, 3.8) is 0 Å². The van der Waals surface area contributed by atoms with E-state index in [4.69, 9.17) is 4.74 Å². The van der Waals surface area contributed by atoms with E-state index in [0.29, 0.717) is 25.1 Å². The Bertz CT molecular complexity index is 543. The molecule has 0 aliphatic carbocycles. The van der Waals surface area contributed by atoms with Gasteiger partial charge in [0.2, 0.25) is 0 Å². The average Bonchev–Trinajstić information content (AvgIpc) is 2.54. The standard InChI is InChI=1S/C20H39NO5S/c1-6-19(27(23,24)25)21(4,5)16-14-12-10-8-7-9-11-13-15-17-26-20(22)18(2)3/h19H,2,6-17H2,1,3-5H3. The molecule has 0 N–H and O–H groups in total. The molecule has 7 heteroatoms. The number of carbonyl (C=O) groups is 1. The second-order valence-electron chi connectivity index (χ2n) is 7.96.